The average molecular weight is 239 g/mol. The summed E-state index contributed by atoms with van der Waals surface area (Å²) >= 11 is 0. The number of nitrogens with zero attached hydrogens (tertiary/aromatic N) is 2. The van der Waals surface area contributed by atoms with Crippen LogP contribution in [0.3, 0.4) is 0 Å². The zero-order valence-electron chi connectivity index (χ0n) is 16.9. The van der Waals surface area contributed by atoms with Crippen LogP contribution in [0.5, 0.6) is 5.75 Å². The Labute approximate surface area is 112 Å². The Morgan fingerprint density at radius 1 is 1.53 bits per heavy atom. The minimum absolute atomic E-state index is 0.144. The van der Waals surface area contributed by atoms with Crippen LogP contribution < -0.4 is 4.74 Å². The van der Waals surface area contributed by atoms with Crippen LogP contribution in [0, 0.1) is 0 Å². The van der Waals surface area contributed by atoms with E-state index in [1.165, 1.54) is 14.0 Å². The van der Waals surface area contributed by atoms with Crippen LogP contribution >= 0.6 is 0 Å². The highest BCUT2D eigenvalue weighted by Gasteiger charge is 2.08. The average Bonchev–Trinajstić information content (AvgIpc) is 2.77. The lowest BCUT2D eigenvalue weighted by atomic mass is 10.2. The summed E-state index contributed by atoms with van der Waals surface area (Å²) in [6, 6.07) is 5.27. The monoisotopic (exact) mass is 239 g/mol. The van der Waals surface area contributed by atoms with Gasteiger partial charge in [0.1, 0.15) is 5.75 Å². The first-order valence-electron chi connectivity index (χ1n) is 8.81. The van der Waals surface area contributed by atoms with Crippen LogP contribution in [0.1, 0.15) is 16.5 Å². The van der Waals surface area contributed by atoms with Crippen LogP contribution in [0.2, 0.25) is 0 Å². The molecule has 1 atom stereocenters. The number of aromatic nitrogens is 1. The molecule has 1 heterocycles. The van der Waals surface area contributed by atoms with E-state index >= 15 is 0 Å². The molecule has 1 aromatic heterocycles. The van der Waals surface area contributed by atoms with Gasteiger partial charge in [-0.15, -0.1) is 0 Å². The normalized spacial score (nSPS) is 22.6. The Hall–Kier alpha value is -1.48. The third-order valence-corrected chi connectivity index (χ3v) is 2.83. The summed E-state index contributed by atoms with van der Waals surface area (Å²) in [4.78, 5) is 1.04. The fourth-order valence-electron chi connectivity index (χ4n) is 1.73. The molecule has 0 spiro atoms. The second kappa shape index (κ2) is 4.80. The second-order valence-electron chi connectivity index (χ2n) is 4.06. The minimum atomic E-state index is -2.52. The molecule has 0 amide bonds. The number of ether oxygens (including phenoxy) is 1. The molecule has 0 saturated heterocycles. The van der Waals surface area contributed by atoms with Crippen molar-refractivity contribution in [2.45, 2.75) is 19.5 Å². The summed E-state index contributed by atoms with van der Waals surface area (Å²) in [5.41, 5.74) is 0.769. The van der Waals surface area contributed by atoms with Crippen molar-refractivity contribution >= 4 is 10.9 Å². The smallest absolute Gasteiger partial charge is 0.119 e. The van der Waals surface area contributed by atoms with E-state index in [1.54, 1.807) is 35.0 Å². The highest BCUT2D eigenvalue weighted by atomic mass is 16.5. The fourth-order valence-corrected chi connectivity index (χ4v) is 1.73. The number of fused-ring (bicyclic) bond motifs is 1. The predicted octanol–water partition coefficient (Wildman–Crippen LogP) is 2.60. The molecule has 0 radical (unpaired) electrons. The molecule has 3 heteroatoms. The first-order chi connectivity index (χ1) is 10.8. The standard InChI is InChI=1S/C14H20N2O/c1-11(15(2)3)10-16-8-7-12-9-13(17-4)5-6-14(12)16/h5-9,11H,10H2,1-4H3/t11-/m1/s1/i2D3,4D3,11D. The molecule has 0 aliphatic carbocycles. The third-order valence-electron chi connectivity index (χ3n) is 2.83. The van der Waals surface area contributed by atoms with Crippen LogP contribution in [-0.2, 0) is 6.54 Å². The quantitative estimate of drug-likeness (QED) is 0.816. The van der Waals surface area contributed by atoms with Crippen molar-refractivity contribution in [2.75, 3.05) is 21.1 Å². The number of rotatable bonds is 4. The first kappa shape index (κ1) is 5.91. The van der Waals surface area contributed by atoms with Crippen LogP contribution in [0.25, 0.3) is 10.9 Å². The zero-order chi connectivity index (χ0) is 18.3. The Kier molecular flexibility index (Phi) is 1.67. The lowest BCUT2D eigenvalue weighted by molar-refractivity contribution is 0.286. The van der Waals surface area contributed by atoms with Gasteiger partial charge in [0.25, 0.3) is 0 Å². The van der Waals surface area contributed by atoms with Gasteiger partial charge in [0.05, 0.1) is 11.2 Å². The van der Waals surface area contributed by atoms with Gasteiger partial charge >= 0.3 is 0 Å². The van der Waals surface area contributed by atoms with E-state index in [0.717, 1.165) is 15.8 Å². The molecule has 3 nitrogen and oxygen atoms in total. The van der Waals surface area contributed by atoms with Crippen molar-refractivity contribution in [1.82, 2.24) is 9.47 Å². The van der Waals surface area contributed by atoms with Crippen molar-refractivity contribution in [2.24, 2.45) is 0 Å². The summed E-state index contributed by atoms with van der Waals surface area (Å²) in [5.74, 6) is 0.230. The maximum absolute atomic E-state index is 8.35. The van der Waals surface area contributed by atoms with E-state index in [4.69, 9.17) is 14.3 Å². The molecular weight excluding hydrogens is 212 g/mol. The maximum Gasteiger partial charge on any atom is 0.119 e. The van der Waals surface area contributed by atoms with Gasteiger partial charge in [-0.1, -0.05) is 0 Å². The maximum atomic E-state index is 8.35. The van der Waals surface area contributed by atoms with E-state index < -0.39 is 20.0 Å². The molecule has 1 aromatic carbocycles. The Morgan fingerprint density at radius 2 is 2.41 bits per heavy atom. The fraction of sp³-hybridized carbons (Fsp3) is 0.429. The van der Waals surface area contributed by atoms with Crippen LogP contribution in [0.4, 0.5) is 0 Å². The van der Waals surface area contributed by atoms with Gasteiger partial charge in [-0.05, 0) is 45.2 Å². The number of methoxy groups -OCH3 is 1. The topological polar surface area (TPSA) is 17.4 Å². The number of likely N-dealkylation sites (N-methyl/N-ethyl adjacent to an activating group) is 1. The lowest BCUT2D eigenvalue weighted by Gasteiger charge is -2.20. The summed E-state index contributed by atoms with van der Waals surface area (Å²) in [7, 11) is -1.12. The molecule has 17 heavy (non-hydrogen) atoms. The zero-order valence-corrected chi connectivity index (χ0v) is 9.90. The van der Waals surface area contributed by atoms with Gasteiger partial charge in [-0.2, -0.15) is 0 Å². The van der Waals surface area contributed by atoms with Crippen molar-refractivity contribution < 1.29 is 14.3 Å². The summed E-state index contributed by atoms with van der Waals surface area (Å²) < 4.78 is 58.7. The first-order valence-corrected chi connectivity index (χ1v) is 5.31. The number of hydrogen-bond donors (Lipinski definition) is 0. The summed E-state index contributed by atoms with van der Waals surface area (Å²) in [6.07, 6.45) is 1.74. The Balaban J connectivity index is 2.28. The van der Waals surface area contributed by atoms with E-state index in [1.807, 2.05) is 0 Å². The van der Waals surface area contributed by atoms with E-state index in [9.17, 15) is 0 Å². The SMILES string of the molecule is [2H]C([2H])([2H])Oc1ccc2c(ccn2C[C@@]([2H])(C)N(C)C([2H])([2H])[2H])c1. The van der Waals surface area contributed by atoms with Gasteiger partial charge in [0.15, 0.2) is 0 Å². The Bertz CT molecular complexity index is 718. The van der Waals surface area contributed by atoms with E-state index in [-0.39, 0.29) is 12.3 Å². The molecule has 0 aliphatic rings. The molecule has 0 bridgehead atoms. The molecule has 0 N–H and O–H groups in total. The van der Waals surface area contributed by atoms with Gasteiger partial charge in [-0.25, -0.2) is 0 Å². The largest absolute Gasteiger partial charge is 0.497 e. The summed E-state index contributed by atoms with van der Waals surface area (Å²) in [5, 5.41) is 0.754. The van der Waals surface area contributed by atoms with E-state index in [0.29, 0.717) is 0 Å². The van der Waals surface area contributed by atoms with E-state index in [2.05, 4.69) is 0 Å². The number of hydrogen-bond acceptors (Lipinski definition) is 2. The van der Waals surface area contributed by atoms with Crippen LogP contribution in [0.15, 0.2) is 30.5 Å². The predicted molar refractivity (Wildman–Crippen MR) is 71.6 cm³/mol. The highest BCUT2D eigenvalue weighted by molar-refractivity contribution is 5.81. The van der Waals surface area contributed by atoms with Crippen molar-refractivity contribution in [3.05, 3.63) is 30.5 Å². The van der Waals surface area contributed by atoms with Gasteiger partial charge in [0, 0.05) is 35.1 Å². The summed E-state index contributed by atoms with van der Waals surface area (Å²) in [6.45, 7) is -0.678. The van der Waals surface area contributed by atoms with Gasteiger partial charge in [0.2, 0.25) is 0 Å². The molecular formula is C14H20N2O. The van der Waals surface area contributed by atoms with Crippen LogP contribution in [-0.4, -0.2) is 36.5 Å². The van der Waals surface area contributed by atoms with Gasteiger partial charge < -0.3 is 14.2 Å². The van der Waals surface area contributed by atoms with Crippen molar-refractivity contribution in [3.63, 3.8) is 0 Å². The minimum Gasteiger partial charge on any atom is -0.497 e. The molecule has 2 rings (SSSR count). The number of benzene rings is 1. The third kappa shape index (κ3) is 2.44. The second-order valence-corrected chi connectivity index (χ2v) is 4.06. The molecule has 0 saturated carbocycles. The molecule has 92 valence electrons. The van der Waals surface area contributed by atoms with Gasteiger partial charge in [-0.3, -0.25) is 0 Å². The molecule has 2 aromatic rings. The molecule has 0 fully saturated rings. The lowest BCUT2D eigenvalue weighted by Crippen LogP contribution is -2.28. The van der Waals surface area contributed by atoms with Crippen molar-refractivity contribution in [3.8, 4) is 5.75 Å². The molecule has 0 unspecified atom stereocenters. The molecule has 0 aliphatic heterocycles. The van der Waals surface area contributed by atoms with Crippen molar-refractivity contribution in [1.29, 1.82) is 0 Å². The highest BCUT2D eigenvalue weighted by Crippen LogP contribution is 2.22. The Morgan fingerprint density at radius 3 is 3.18 bits per heavy atom.